The third-order valence-corrected chi connectivity index (χ3v) is 4.09. The minimum atomic E-state index is 0.580. The molecule has 0 saturated carbocycles. The van der Waals surface area contributed by atoms with E-state index in [0.29, 0.717) is 5.92 Å². The van der Waals surface area contributed by atoms with E-state index in [1.165, 1.54) is 22.0 Å². The lowest BCUT2D eigenvalue weighted by molar-refractivity contribution is 0.440. The first-order valence-corrected chi connectivity index (χ1v) is 6.86. The highest BCUT2D eigenvalue weighted by molar-refractivity contribution is 7.11. The molecule has 1 atom stereocenters. The highest BCUT2D eigenvalue weighted by atomic mass is 35.5. The molecule has 0 aliphatic carbocycles. The van der Waals surface area contributed by atoms with E-state index in [1.807, 2.05) is 11.3 Å². The number of nitrogens with zero attached hydrogens (tertiary/aromatic N) is 1. The molecule has 0 radical (unpaired) electrons. The summed E-state index contributed by atoms with van der Waals surface area (Å²) in [6.07, 6.45) is 2.24. The number of hydrogen-bond donors (Lipinski definition) is 0. The molecule has 0 fully saturated rings. The summed E-state index contributed by atoms with van der Waals surface area (Å²) in [5.74, 6) is 2.04. The van der Waals surface area contributed by atoms with Crippen molar-refractivity contribution in [2.75, 3.05) is 5.88 Å². The van der Waals surface area contributed by atoms with Crippen molar-refractivity contribution in [1.29, 1.82) is 0 Å². The molecule has 0 bridgehead atoms. The van der Waals surface area contributed by atoms with Crippen LogP contribution in [0.5, 0.6) is 0 Å². The molecule has 3 heteroatoms. The van der Waals surface area contributed by atoms with E-state index in [2.05, 4.69) is 32.7 Å². The maximum atomic E-state index is 5.98. The number of alkyl halides is 1. The Balaban J connectivity index is 2.58. The fourth-order valence-electron chi connectivity index (χ4n) is 1.74. The van der Waals surface area contributed by atoms with E-state index in [1.54, 1.807) is 0 Å². The van der Waals surface area contributed by atoms with Gasteiger partial charge in [0.1, 0.15) is 0 Å². The maximum Gasteiger partial charge on any atom is 0.0934 e. The lowest BCUT2D eigenvalue weighted by Gasteiger charge is -2.14. The minimum absolute atomic E-state index is 0.580. The molecule has 86 valence electrons. The monoisotopic (exact) mass is 245 g/mol. The second kappa shape index (κ2) is 5.86. The van der Waals surface area contributed by atoms with Gasteiger partial charge in [0.2, 0.25) is 0 Å². The molecule has 0 N–H and O–H groups in total. The highest BCUT2D eigenvalue weighted by Gasteiger charge is 2.13. The lowest BCUT2D eigenvalue weighted by Crippen LogP contribution is -2.09. The maximum absolute atomic E-state index is 5.98. The van der Waals surface area contributed by atoms with Crippen molar-refractivity contribution in [2.24, 2.45) is 11.8 Å². The van der Waals surface area contributed by atoms with Crippen LogP contribution in [0.3, 0.4) is 0 Å². The van der Waals surface area contributed by atoms with E-state index in [9.17, 15) is 0 Å². The summed E-state index contributed by atoms with van der Waals surface area (Å²) in [6.45, 7) is 8.71. The Hall–Kier alpha value is -0.0800. The number of aryl methyl sites for hydroxylation is 2. The fraction of sp³-hybridized carbons (Fsp3) is 0.750. The Morgan fingerprint density at radius 3 is 2.40 bits per heavy atom. The zero-order valence-electron chi connectivity index (χ0n) is 10.0. The van der Waals surface area contributed by atoms with Gasteiger partial charge in [-0.2, -0.15) is 0 Å². The normalized spacial score (nSPS) is 13.5. The molecule has 1 unspecified atom stereocenters. The number of halogens is 1. The first kappa shape index (κ1) is 13.0. The van der Waals surface area contributed by atoms with Crippen LogP contribution in [0.2, 0.25) is 0 Å². The second-order valence-corrected chi connectivity index (χ2v) is 6.20. The molecule has 0 amide bonds. The van der Waals surface area contributed by atoms with Crippen LogP contribution >= 0.6 is 22.9 Å². The molecule has 0 saturated heterocycles. The number of rotatable bonds is 5. The summed E-state index contributed by atoms with van der Waals surface area (Å²) in [5, 5.41) is 1.25. The molecule has 0 spiro atoms. The van der Waals surface area contributed by atoms with Crippen molar-refractivity contribution in [2.45, 2.75) is 40.5 Å². The second-order valence-electron chi connectivity index (χ2n) is 4.60. The van der Waals surface area contributed by atoms with Crippen LogP contribution in [-0.2, 0) is 6.42 Å². The van der Waals surface area contributed by atoms with Crippen LogP contribution in [0.25, 0.3) is 0 Å². The molecule has 15 heavy (non-hydrogen) atoms. The summed E-state index contributed by atoms with van der Waals surface area (Å²) in [5.41, 5.74) is 1.17. The van der Waals surface area contributed by atoms with Crippen LogP contribution in [0.4, 0.5) is 0 Å². The third kappa shape index (κ3) is 4.12. The Bertz CT molecular complexity index is 287. The smallest absolute Gasteiger partial charge is 0.0934 e. The number of thiazole rings is 1. The molecule has 1 nitrogen and oxygen atoms in total. The van der Waals surface area contributed by atoms with Crippen molar-refractivity contribution in [3.05, 3.63) is 15.6 Å². The van der Waals surface area contributed by atoms with Gasteiger partial charge >= 0.3 is 0 Å². The van der Waals surface area contributed by atoms with Crippen LogP contribution in [0.1, 0.15) is 35.8 Å². The molecule has 1 aromatic heterocycles. The Labute approximate surface area is 102 Å². The molecule has 0 aliphatic heterocycles. The van der Waals surface area contributed by atoms with Gasteiger partial charge < -0.3 is 0 Å². The van der Waals surface area contributed by atoms with E-state index in [-0.39, 0.29) is 0 Å². The lowest BCUT2D eigenvalue weighted by atomic mass is 9.96. The molecule has 0 aromatic carbocycles. The first-order chi connectivity index (χ1) is 7.02. The third-order valence-electron chi connectivity index (χ3n) is 2.56. The number of hydrogen-bond acceptors (Lipinski definition) is 2. The van der Waals surface area contributed by atoms with Gasteiger partial charge in [0.15, 0.2) is 0 Å². The molecular weight excluding hydrogens is 226 g/mol. The van der Waals surface area contributed by atoms with Gasteiger partial charge in [-0.15, -0.1) is 22.9 Å². The predicted molar refractivity (Wildman–Crippen MR) is 69.0 cm³/mol. The van der Waals surface area contributed by atoms with Crippen molar-refractivity contribution >= 4 is 22.9 Å². The average molecular weight is 246 g/mol. The van der Waals surface area contributed by atoms with Gasteiger partial charge in [-0.25, -0.2) is 4.98 Å². The Kier molecular flexibility index (Phi) is 5.07. The summed E-state index contributed by atoms with van der Waals surface area (Å²) >= 11 is 7.80. The topological polar surface area (TPSA) is 12.9 Å². The van der Waals surface area contributed by atoms with Gasteiger partial charge in [0, 0.05) is 17.2 Å². The molecule has 1 aromatic rings. The van der Waals surface area contributed by atoms with Gasteiger partial charge in [0.05, 0.1) is 10.7 Å². The SMILES string of the molecule is Cc1nc(CC(CCl)CC(C)C)sc1C. The van der Waals surface area contributed by atoms with Crippen LogP contribution in [-0.4, -0.2) is 10.9 Å². The predicted octanol–water partition coefficient (Wildman–Crippen LogP) is 4.20. The van der Waals surface area contributed by atoms with Gasteiger partial charge in [-0.3, -0.25) is 0 Å². The average Bonchev–Trinajstić information content (AvgIpc) is 2.44. The fourth-order valence-corrected chi connectivity index (χ4v) is 3.02. The quantitative estimate of drug-likeness (QED) is 0.709. The first-order valence-electron chi connectivity index (χ1n) is 5.51. The van der Waals surface area contributed by atoms with Crippen LogP contribution in [0.15, 0.2) is 0 Å². The van der Waals surface area contributed by atoms with Crippen LogP contribution in [0, 0.1) is 25.7 Å². The zero-order chi connectivity index (χ0) is 11.4. The van der Waals surface area contributed by atoms with E-state index in [0.717, 1.165) is 18.2 Å². The van der Waals surface area contributed by atoms with Crippen molar-refractivity contribution in [3.63, 3.8) is 0 Å². The van der Waals surface area contributed by atoms with Gasteiger partial charge in [-0.05, 0) is 32.1 Å². The standard InChI is InChI=1S/C12H20ClNS/c1-8(2)5-11(7-13)6-12-14-9(3)10(4)15-12/h8,11H,5-7H2,1-4H3. The van der Waals surface area contributed by atoms with Crippen molar-refractivity contribution < 1.29 is 0 Å². The molecular formula is C12H20ClNS. The van der Waals surface area contributed by atoms with E-state index >= 15 is 0 Å². The van der Waals surface area contributed by atoms with Crippen LogP contribution < -0.4 is 0 Å². The Morgan fingerprint density at radius 1 is 1.33 bits per heavy atom. The largest absolute Gasteiger partial charge is 0.246 e. The molecule has 1 heterocycles. The summed E-state index contributed by atoms with van der Waals surface area (Å²) in [7, 11) is 0. The minimum Gasteiger partial charge on any atom is -0.246 e. The van der Waals surface area contributed by atoms with Crippen molar-refractivity contribution in [1.82, 2.24) is 4.98 Å². The van der Waals surface area contributed by atoms with E-state index < -0.39 is 0 Å². The van der Waals surface area contributed by atoms with Crippen molar-refractivity contribution in [3.8, 4) is 0 Å². The zero-order valence-corrected chi connectivity index (χ0v) is 11.6. The van der Waals surface area contributed by atoms with E-state index in [4.69, 9.17) is 11.6 Å². The number of aromatic nitrogens is 1. The Morgan fingerprint density at radius 2 is 2.00 bits per heavy atom. The van der Waals surface area contributed by atoms with Gasteiger partial charge in [-0.1, -0.05) is 13.8 Å². The molecule has 0 aliphatic rings. The molecule has 1 rings (SSSR count). The summed E-state index contributed by atoms with van der Waals surface area (Å²) in [4.78, 5) is 5.90. The highest BCUT2D eigenvalue weighted by Crippen LogP contribution is 2.23. The van der Waals surface area contributed by atoms with Gasteiger partial charge in [0.25, 0.3) is 0 Å². The summed E-state index contributed by atoms with van der Waals surface area (Å²) < 4.78 is 0. The summed E-state index contributed by atoms with van der Waals surface area (Å²) in [6, 6.07) is 0.